The summed E-state index contributed by atoms with van der Waals surface area (Å²) in [5.41, 5.74) is 1.07. The van der Waals surface area contributed by atoms with Gasteiger partial charge in [0.15, 0.2) is 11.5 Å². The van der Waals surface area contributed by atoms with Gasteiger partial charge in [0, 0.05) is 20.9 Å². The second-order valence-electron chi connectivity index (χ2n) is 4.91. The van der Waals surface area contributed by atoms with Crippen LogP contribution >= 0.6 is 43.5 Å². The van der Waals surface area contributed by atoms with Crippen molar-refractivity contribution in [2.24, 2.45) is 0 Å². The van der Waals surface area contributed by atoms with Crippen molar-refractivity contribution in [1.82, 2.24) is 0 Å². The van der Waals surface area contributed by atoms with E-state index in [0.717, 1.165) is 15.4 Å². The fourth-order valence-corrected chi connectivity index (χ4v) is 3.12. The third-order valence-corrected chi connectivity index (χ3v) is 4.71. The van der Waals surface area contributed by atoms with Crippen molar-refractivity contribution in [2.75, 3.05) is 18.5 Å². The van der Waals surface area contributed by atoms with E-state index in [4.69, 9.17) is 21.1 Å². The van der Waals surface area contributed by atoms with Crippen LogP contribution in [0.5, 0.6) is 11.5 Å². The standard InChI is InChI=1S/C16H12Br2ClNO3/c17-10-2-3-11(18)13(8-10)20-16(21)9-6-12(19)15-14(7-9)22-4-1-5-23-15/h2-3,6-8H,1,4-5H2,(H,20,21). The summed E-state index contributed by atoms with van der Waals surface area (Å²) >= 11 is 13.0. The van der Waals surface area contributed by atoms with Crippen LogP contribution in [0, 0.1) is 0 Å². The highest BCUT2D eigenvalue weighted by atomic mass is 79.9. The normalized spacial score (nSPS) is 13.3. The van der Waals surface area contributed by atoms with E-state index >= 15 is 0 Å². The highest BCUT2D eigenvalue weighted by molar-refractivity contribution is 9.11. The van der Waals surface area contributed by atoms with Crippen LogP contribution < -0.4 is 14.8 Å². The highest BCUT2D eigenvalue weighted by Crippen LogP contribution is 2.38. The van der Waals surface area contributed by atoms with Gasteiger partial charge in [-0.3, -0.25) is 4.79 Å². The van der Waals surface area contributed by atoms with Gasteiger partial charge in [-0.1, -0.05) is 27.5 Å². The molecule has 1 aliphatic heterocycles. The number of fused-ring (bicyclic) bond motifs is 1. The molecule has 0 saturated carbocycles. The van der Waals surface area contributed by atoms with E-state index in [-0.39, 0.29) is 5.91 Å². The zero-order valence-electron chi connectivity index (χ0n) is 11.9. The minimum Gasteiger partial charge on any atom is -0.489 e. The summed E-state index contributed by atoms with van der Waals surface area (Å²) in [6.07, 6.45) is 0.775. The van der Waals surface area contributed by atoms with Crippen LogP contribution in [-0.2, 0) is 0 Å². The molecule has 0 aliphatic carbocycles. The maximum atomic E-state index is 12.5. The Morgan fingerprint density at radius 2 is 1.91 bits per heavy atom. The molecule has 0 spiro atoms. The summed E-state index contributed by atoms with van der Waals surface area (Å²) < 4.78 is 12.8. The molecule has 3 rings (SSSR count). The quantitative estimate of drug-likeness (QED) is 0.662. The van der Waals surface area contributed by atoms with E-state index in [9.17, 15) is 4.79 Å². The molecule has 0 aromatic heterocycles. The number of carbonyl (C=O) groups excluding carboxylic acids is 1. The van der Waals surface area contributed by atoms with Gasteiger partial charge in [-0.2, -0.15) is 0 Å². The van der Waals surface area contributed by atoms with Crippen molar-refractivity contribution < 1.29 is 14.3 Å². The molecule has 1 aliphatic rings. The summed E-state index contributed by atoms with van der Waals surface area (Å²) in [4.78, 5) is 12.5. The van der Waals surface area contributed by atoms with Gasteiger partial charge in [-0.25, -0.2) is 0 Å². The molecule has 7 heteroatoms. The Hall–Kier alpha value is -1.24. The van der Waals surface area contributed by atoms with Crippen molar-refractivity contribution in [1.29, 1.82) is 0 Å². The van der Waals surface area contributed by atoms with Gasteiger partial charge in [0.1, 0.15) is 0 Å². The first kappa shape index (κ1) is 16.6. The van der Waals surface area contributed by atoms with Gasteiger partial charge >= 0.3 is 0 Å². The molecule has 1 heterocycles. The molecule has 1 amide bonds. The number of nitrogens with one attached hydrogen (secondary N) is 1. The SMILES string of the molecule is O=C(Nc1cc(Br)ccc1Br)c1cc(Cl)c2c(c1)OCCCO2. The molecule has 1 N–H and O–H groups in total. The van der Waals surface area contributed by atoms with E-state index < -0.39 is 0 Å². The number of anilines is 1. The van der Waals surface area contributed by atoms with E-state index in [1.54, 1.807) is 12.1 Å². The molecule has 120 valence electrons. The molecule has 2 aromatic carbocycles. The topological polar surface area (TPSA) is 47.6 Å². The summed E-state index contributed by atoms with van der Waals surface area (Å²) in [7, 11) is 0. The third kappa shape index (κ3) is 3.82. The van der Waals surface area contributed by atoms with Crippen LogP contribution in [-0.4, -0.2) is 19.1 Å². The second-order valence-corrected chi connectivity index (χ2v) is 7.09. The molecule has 0 atom stereocenters. The zero-order valence-corrected chi connectivity index (χ0v) is 15.8. The van der Waals surface area contributed by atoms with Crippen molar-refractivity contribution in [2.45, 2.75) is 6.42 Å². The van der Waals surface area contributed by atoms with Crippen LogP contribution in [0.2, 0.25) is 5.02 Å². The van der Waals surface area contributed by atoms with Crippen LogP contribution in [0.1, 0.15) is 16.8 Å². The van der Waals surface area contributed by atoms with Crippen molar-refractivity contribution in [3.8, 4) is 11.5 Å². The molecule has 0 unspecified atom stereocenters. The number of ether oxygens (including phenoxy) is 2. The maximum Gasteiger partial charge on any atom is 0.255 e. The maximum absolute atomic E-state index is 12.5. The molecule has 23 heavy (non-hydrogen) atoms. The smallest absolute Gasteiger partial charge is 0.255 e. The van der Waals surface area contributed by atoms with Crippen molar-refractivity contribution in [3.05, 3.63) is 49.9 Å². The lowest BCUT2D eigenvalue weighted by Crippen LogP contribution is -2.12. The van der Waals surface area contributed by atoms with E-state index in [1.165, 1.54) is 0 Å². The average Bonchev–Trinajstić information content (AvgIpc) is 2.76. The minimum absolute atomic E-state index is 0.277. The molecule has 0 bridgehead atoms. The summed E-state index contributed by atoms with van der Waals surface area (Å²) in [6.45, 7) is 1.08. The lowest BCUT2D eigenvalue weighted by atomic mass is 10.1. The van der Waals surface area contributed by atoms with Gasteiger partial charge in [0.25, 0.3) is 5.91 Å². The summed E-state index contributed by atoms with van der Waals surface area (Å²) in [5, 5.41) is 3.21. The Labute approximate surface area is 155 Å². The fraction of sp³-hybridized carbons (Fsp3) is 0.188. The van der Waals surface area contributed by atoms with Crippen molar-refractivity contribution >= 4 is 55.1 Å². The molecule has 0 saturated heterocycles. The minimum atomic E-state index is -0.277. The largest absolute Gasteiger partial charge is 0.489 e. The molecule has 0 fully saturated rings. The number of hydrogen-bond donors (Lipinski definition) is 1. The fourth-order valence-electron chi connectivity index (χ4n) is 2.15. The summed E-state index contributed by atoms with van der Waals surface area (Å²) in [6, 6.07) is 8.77. The zero-order chi connectivity index (χ0) is 16.4. The Morgan fingerprint density at radius 1 is 1.13 bits per heavy atom. The van der Waals surface area contributed by atoms with Crippen LogP contribution in [0.25, 0.3) is 0 Å². The van der Waals surface area contributed by atoms with Crippen LogP contribution in [0.3, 0.4) is 0 Å². The summed E-state index contributed by atoms with van der Waals surface area (Å²) in [5.74, 6) is 0.708. The molecule has 0 radical (unpaired) electrons. The van der Waals surface area contributed by atoms with Gasteiger partial charge in [0.05, 0.1) is 23.9 Å². The number of hydrogen-bond acceptors (Lipinski definition) is 3. The Balaban J connectivity index is 1.89. The number of rotatable bonds is 2. The number of benzene rings is 2. The number of halogens is 3. The Kier molecular flexibility index (Phi) is 5.14. The molecule has 4 nitrogen and oxygen atoms in total. The van der Waals surface area contributed by atoms with E-state index in [1.807, 2.05) is 18.2 Å². The first-order chi connectivity index (χ1) is 11.0. The lowest BCUT2D eigenvalue weighted by molar-refractivity contribution is 0.102. The first-order valence-electron chi connectivity index (χ1n) is 6.90. The predicted molar refractivity (Wildman–Crippen MR) is 96.9 cm³/mol. The van der Waals surface area contributed by atoms with Crippen LogP contribution in [0.4, 0.5) is 5.69 Å². The molecular formula is C16H12Br2ClNO3. The highest BCUT2D eigenvalue weighted by Gasteiger charge is 2.19. The number of carbonyl (C=O) groups is 1. The average molecular weight is 462 g/mol. The predicted octanol–water partition coefficient (Wildman–Crippen LogP) is 5.28. The molecular weight excluding hydrogens is 449 g/mol. The first-order valence-corrected chi connectivity index (χ1v) is 8.86. The molecule has 2 aromatic rings. The monoisotopic (exact) mass is 459 g/mol. The van der Waals surface area contributed by atoms with Gasteiger partial charge < -0.3 is 14.8 Å². The second kappa shape index (κ2) is 7.11. The van der Waals surface area contributed by atoms with Gasteiger partial charge in [-0.05, 0) is 46.3 Å². The lowest BCUT2D eigenvalue weighted by Gasteiger charge is -2.12. The Bertz CT molecular complexity index is 767. The Morgan fingerprint density at radius 3 is 2.74 bits per heavy atom. The third-order valence-electron chi connectivity index (χ3n) is 3.24. The number of amides is 1. The van der Waals surface area contributed by atoms with Gasteiger partial charge in [-0.15, -0.1) is 0 Å². The van der Waals surface area contributed by atoms with E-state index in [0.29, 0.717) is 41.0 Å². The van der Waals surface area contributed by atoms with Crippen LogP contribution in [0.15, 0.2) is 39.3 Å². The van der Waals surface area contributed by atoms with Gasteiger partial charge in [0.2, 0.25) is 0 Å². The van der Waals surface area contributed by atoms with E-state index in [2.05, 4.69) is 37.2 Å². The van der Waals surface area contributed by atoms with Crippen molar-refractivity contribution in [3.63, 3.8) is 0 Å².